The molecule has 2 fully saturated rings. The molecule has 1 aliphatic heterocycles. The van der Waals surface area contributed by atoms with Crippen molar-refractivity contribution in [3.8, 4) is 0 Å². The highest BCUT2D eigenvalue weighted by molar-refractivity contribution is 7.18. The average Bonchev–Trinajstić information content (AvgIpc) is 3.03. The van der Waals surface area contributed by atoms with Crippen molar-refractivity contribution in [2.75, 3.05) is 23.7 Å². The van der Waals surface area contributed by atoms with Crippen LogP contribution in [0.4, 0.5) is 10.7 Å². The summed E-state index contributed by atoms with van der Waals surface area (Å²) in [6.07, 6.45) is 2.45. The molecule has 1 saturated heterocycles. The van der Waals surface area contributed by atoms with Crippen LogP contribution in [0.25, 0.3) is 0 Å². The molecule has 1 saturated carbocycles. The van der Waals surface area contributed by atoms with Crippen molar-refractivity contribution in [1.29, 1.82) is 0 Å². The van der Waals surface area contributed by atoms with E-state index in [1.165, 1.54) is 23.4 Å². The van der Waals surface area contributed by atoms with Crippen LogP contribution >= 0.6 is 11.3 Å². The molecule has 1 aromatic rings. The third-order valence-corrected chi connectivity index (χ3v) is 5.93. The minimum atomic E-state index is 0.107. The van der Waals surface area contributed by atoms with Crippen LogP contribution in [0.2, 0.25) is 0 Å². The highest BCUT2D eigenvalue weighted by Gasteiger charge is 2.36. The topological polar surface area (TPSA) is 46.3 Å². The molecule has 0 aromatic carbocycles. The van der Waals surface area contributed by atoms with Gasteiger partial charge in [0.15, 0.2) is 5.78 Å². The Hall–Kier alpha value is -1.03. The first-order valence-corrected chi connectivity index (χ1v) is 7.98. The van der Waals surface area contributed by atoms with Gasteiger partial charge in [-0.15, -0.1) is 11.3 Å². The number of carbonyl (C=O) groups is 1. The van der Waals surface area contributed by atoms with Crippen molar-refractivity contribution in [3.63, 3.8) is 0 Å². The second kappa shape index (κ2) is 4.51. The van der Waals surface area contributed by atoms with Crippen molar-refractivity contribution >= 4 is 27.8 Å². The van der Waals surface area contributed by atoms with Gasteiger partial charge in [0, 0.05) is 25.6 Å². The Balaban J connectivity index is 2.00. The molecule has 0 amide bonds. The molecule has 2 unspecified atom stereocenters. The highest BCUT2D eigenvalue weighted by atomic mass is 32.1. The molecule has 1 aliphatic carbocycles. The standard InChI is InChI=1S/C15H22N2OS/c1-8-6-17(7-9(8)2)15-12(11-4-5-11)13(16)14(19-15)10(3)18/h8-9,11H,4-7,16H2,1-3H3. The van der Waals surface area contributed by atoms with Gasteiger partial charge in [0.1, 0.15) is 0 Å². The number of Topliss-reactive ketones (excluding diaryl/α,β-unsaturated/α-hetero) is 1. The van der Waals surface area contributed by atoms with Gasteiger partial charge in [-0.25, -0.2) is 0 Å². The van der Waals surface area contributed by atoms with E-state index < -0.39 is 0 Å². The Morgan fingerprint density at radius 2 is 1.84 bits per heavy atom. The number of ketones is 1. The molecule has 2 aliphatic rings. The molecule has 2 N–H and O–H groups in total. The summed E-state index contributed by atoms with van der Waals surface area (Å²) in [5.74, 6) is 2.15. The van der Waals surface area contributed by atoms with E-state index in [0.717, 1.165) is 35.5 Å². The average molecular weight is 278 g/mol. The van der Waals surface area contributed by atoms with E-state index in [1.807, 2.05) is 0 Å². The Morgan fingerprint density at radius 3 is 2.32 bits per heavy atom. The molecule has 4 heteroatoms. The quantitative estimate of drug-likeness (QED) is 0.861. The van der Waals surface area contributed by atoms with Gasteiger partial charge in [-0.05, 0) is 30.6 Å². The van der Waals surface area contributed by atoms with Crippen LogP contribution in [0, 0.1) is 11.8 Å². The number of anilines is 2. The van der Waals surface area contributed by atoms with Gasteiger partial charge in [0.2, 0.25) is 0 Å². The van der Waals surface area contributed by atoms with E-state index in [1.54, 1.807) is 18.3 Å². The summed E-state index contributed by atoms with van der Waals surface area (Å²) in [5.41, 5.74) is 8.29. The molecule has 0 spiro atoms. The number of nitrogen functional groups attached to an aromatic ring is 1. The van der Waals surface area contributed by atoms with Gasteiger partial charge >= 0.3 is 0 Å². The third kappa shape index (κ3) is 2.16. The summed E-state index contributed by atoms with van der Waals surface area (Å²) < 4.78 is 0. The lowest BCUT2D eigenvalue weighted by Gasteiger charge is -2.18. The molecular formula is C15H22N2OS. The summed E-state index contributed by atoms with van der Waals surface area (Å²) in [6.45, 7) is 8.43. The molecule has 2 atom stereocenters. The molecule has 1 aromatic heterocycles. The summed E-state index contributed by atoms with van der Waals surface area (Å²) in [5, 5.41) is 1.28. The minimum Gasteiger partial charge on any atom is -0.397 e. The van der Waals surface area contributed by atoms with Crippen molar-refractivity contribution in [3.05, 3.63) is 10.4 Å². The smallest absolute Gasteiger partial charge is 0.171 e. The van der Waals surface area contributed by atoms with Gasteiger partial charge in [-0.3, -0.25) is 4.79 Å². The van der Waals surface area contributed by atoms with E-state index in [2.05, 4.69) is 18.7 Å². The zero-order valence-corrected chi connectivity index (χ0v) is 12.7. The summed E-state index contributed by atoms with van der Waals surface area (Å²) in [4.78, 5) is 15.0. The van der Waals surface area contributed by atoms with Crippen LogP contribution in [0.5, 0.6) is 0 Å². The van der Waals surface area contributed by atoms with Crippen molar-refractivity contribution in [2.24, 2.45) is 11.8 Å². The van der Waals surface area contributed by atoms with Crippen LogP contribution in [0.3, 0.4) is 0 Å². The Morgan fingerprint density at radius 1 is 1.26 bits per heavy atom. The van der Waals surface area contributed by atoms with E-state index in [-0.39, 0.29) is 5.78 Å². The number of rotatable bonds is 3. The minimum absolute atomic E-state index is 0.107. The van der Waals surface area contributed by atoms with Crippen LogP contribution < -0.4 is 10.6 Å². The maximum absolute atomic E-state index is 11.7. The Kier molecular flexibility index (Phi) is 3.08. The lowest BCUT2D eigenvalue weighted by atomic mass is 10.0. The van der Waals surface area contributed by atoms with Crippen molar-refractivity contribution < 1.29 is 4.79 Å². The van der Waals surface area contributed by atoms with Crippen LogP contribution in [0.15, 0.2) is 0 Å². The summed E-state index contributed by atoms with van der Waals surface area (Å²) >= 11 is 1.62. The fraction of sp³-hybridized carbons (Fsp3) is 0.667. The number of thiophene rings is 1. The van der Waals surface area contributed by atoms with Gasteiger partial charge in [0.25, 0.3) is 0 Å². The van der Waals surface area contributed by atoms with E-state index in [9.17, 15) is 4.79 Å². The lowest BCUT2D eigenvalue weighted by molar-refractivity contribution is 0.102. The van der Waals surface area contributed by atoms with Crippen LogP contribution in [-0.2, 0) is 0 Å². The molecule has 3 rings (SSSR count). The first-order chi connectivity index (χ1) is 8.99. The first kappa shape index (κ1) is 13.0. The van der Waals surface area contributed by atoms with E-state index in [0.29, 0.717) is 5.92 Å². The van der Waals surface area contributed by atoms with Gasteiger partial charge < -0.3 is 10.6 Å². The number of nitrogens with two attached hydrogens (primary N) is 1. The van der Waals surface area contributed by atoms with Crippen LogP contribution in [-0.4, -0.2) is 18.9 Å². The largest absolute Gasteiger partial charge is 0.397 e. The van der Waals surface area contributed by atoms with Crippen LogP contribution in [0.1, 0.15) is 54.8 Å². The second-order valence-electron chi connectivity index (χ2n) is 6.25. The number of carbonyl (C=O) groups excluding carboxylic acids is 1. The molecule has 0 bridgehead atoms. The molecule has 19 heavy (non-hydrogen) atoms. The monoisotopic (exact) mass is 278 g/mol. The zero-order chi connectivity index (χ0) is 13.7. The number of nitrogens with zero attached hydrogens (tertiary/aromatic N) is 1. The maximum Gasteiger partial charge on any atom is 0.171 e. The molecule has 3 nitrogen and oxygen atoms in total. The SMILES string of the molecule is CC(=O)c1sc(N2CC(C)C(C)C2)c(C2CC2)c1N. The van der Waals surface area contributed by atoms with Crippen molar-refractivity contribution in [1.82, 2.24) is 0 Å². The fourth-order valence-electron chi connectivity index (χ4n) is 3.00. The van der Waals surface area contributed by atoms with Gasteiger partial charge in [-0.2, -0.15) is 0 Å². The number of hydrogen-bond acceptors (Lipinski definition) is 4. The molecule has 0 radical (unpaired) electrons. The molecular weight excluding hydrogens is 256 g/mol. The van der Waals surface area contributed by atoms with Crippen molar-refractivity contribution in [2.45, 2.75) is 39.5 Å². The predicted molar refractivity (Wildman–Crippen MR) is 81.3 cm³/mol. The second-order valence-corrected chi connectivity index (χ2v) is 7.25. The zero-order valence-electron chi connectivity index (χ0n) is 11.9. The van der Waals surface area contributed by atoms with Gasteiger partial charge in [0.05, 0.1) is 15.6 Å². The van der Waals surface area contributed by atoms with E-state index >= 15 is 0 Å². The number of hydrogen-bond donors (Lipinski definition) is 1. The summed E-state index contributed by atoms with van der Waals surface area (Å²) in [6, 6.07) is 0. The van der Waals surface area contributed by atoms with E-state index in [4.69, 9.17) is 5.73 Å². The first-order valence-electron chi connectivity index (χ1n) is 7.17. The highest BCUT2D eigenvalue weighted by Crippen LogP contribution is 2.52. The Bertz CT molecular complexity index is 508. The molecule has 2 heterocycles. The predicted octanol–water partition coefficient (Wildman–Crippen LogP) is 3.50. The third-order valence-electron chi connectivity index (χ3n) is 4.54. The lowest BCUT2D eigenvalue weighted by Crippen LogP contribution is -2.19. The Labute approximate surface area is 118 Å². The summed E-state index contributed by atoms with van der Waals surface area (Å²) in [7, 11) is 0. The normalized spacial score (nSPS) is 27.0. The fourth-order valence-corrected chi connectivity index (χ4v) is 4.22. The molecule has 104 valence electrons. The van der Waals surface area contributed by atoms with Gasteiger partial charge in [-0.1, -0.05) is 13.8 Å². The maximum atomic E-state index is 11.7.